The van der Waals surface area contributed by atoms with Crippen LogP contribution in [0.4, 0.5) is 0 Å². The average molecular weight is 177 g/mol. The summed E-state index contributed by atoms with van der Waals surface area (Å²) in [5, 5.41) is 9.44. The first kappa shape index (κ1) is 8.57. The van der Waals surface area contributed by atoms with Gasteiger partial charge >= 0.3 is 0 Å². The maximum absolute atomic E-state index is 9.44. The highest BCUT2D eigenvalue weighted by molar-refractivity contribution is 5.40. The van der Waals surface area contributed by atoms with Crippen molar-refractivity contribution in [3.8, 4) is 5.75 Å². The van der Waals surface area contributed by atoms with Crippen molar-refractivity contribution in [2.24, 2.45) is 5.73 Å². The van der Waals surface area contributed by atoms with Crippen molar-refractivity contribution in [2.45, 2.75) is 25.2 Å². The molecule has 0 radical (unpaired) electrons. The molecule has 2 heteroatoms. The molecule has 1 aromatic rings. The molecule has 1 fully saturated rings. The summed E-state index contributed by atoms with van der Waals surface area (Å²) in [5.41, 5.74) is 8.21. The lowest BCUT2D eigenvalue weighted by atomic mass is 9.94. The Kier molecular flexibility index (Phi) is 1.81. The smallest absolute Gasteiger partial charge is 0.116 e. The van der Waals surface area contributed by atoms with Gasteiger partial charge in [-0.1, -0.05) is 6.07 Å². The molecule has 0 atom stereocenters. The molecule has 3 N–H and O–H groups in total. The normalized spacial score (nSPS) is 18.6. The third kappa shape index (κ3) is 1.42. The molecule has 0 spiro atoms. The maximum Gasteiger partial charge on any atom is 0.116 e. The van der Waals surface area contributed by atoms with Gasteiger partial charge < -0.3 is 10.8 Å². The number of phenolic OH excluding ortho intramolecular Hbond substituents is 1. The summed E-state index contributed by atoms with van der Waals surface area (Å²) in [6, 6.07) is 5.74. The Morgan fingerprint density at radius 1 is 1.38 bits per heavy atom. The van der Waals surface area contributed by atoms with Gasteiger partial charge in [0, 0.05) is 12.0 Å². The van der Waals surface area contributed by atoms with Crippen molar-refractivity contribution < 1.29 is 5.11 Å². The highest BCUT2D eigenvalue weighted by atomic mass is 16.3. The first-order chi connectivity index (χ1) is 6.16. The van der Waals surface area contributed by atoms with Crippen molar-refractivity contribution in [3.05, 3.63) is 29.3 Å². The number of aryl methyl sites for hydroxylation is 1. The number of rotatable bonds is 2. The van der Waals surface area contributed by atoms with Crippen LogP contribution in [-0.2, 0) is 5.41 Å². The minimum Gasteiger partial charge on any atom is -0.508 e. The summed E-state index contributed by atoms with van der Waals surface area (Å²) in [7, 11) is 0. The van der Waals surface area contributed by atoms with Crippen LogP contribution in [0.2, 0.25) is 0 Å². The fourth-order valence-corrected chi connectivity index (χ4v) is 1.83. The lowest BCUT2D eigenvalue weighted by molar-refractivity contribution is 0.473. The van der Waals surface area contributed by atoms with Crippen molar-refractivity contribution in [3.63, 3.8) is 0 Å². The van der Waals surface area contributed by atoms with E-state index in [0.29, 0.717) is 12.3 Å². The van der Waals surface area contributed by atoms with Crippen LogP contribution in [0.1, 0.15) is 24.0 Å². The van der Waals surface area contributed by atoms with E-state index in [1.54, 1.807) is 6.07 Å². The van der Waals surface area contributed by atoms with Gasteiger partial charge in [0.2, 0.25) is 0 Å². The molecule has 13 heavy (non-hydrogen) atoms. The van der Waals surface area contributed by atoms with Crippen molar-refractivity contribution in [1.29, 1.82) is 0 Å². The molecule has 0 heterocycles. The van der Waals surface area contributed by atoms with E-state index in [2.05, 4.69) is 6.07 Å². The number of hydrogen-bond donors (Lipinski definition) is 2. The zero-order valence-electron chi connectivity index (χ0n) is 7.88. The summed E-state index contributed by atoms with van der Waals surface area (Å²) in [4.78, 5) is 0. The molecular formula is C11H15NO. The molecule has 0 aliphatic heterocycles. The van der Waals surface area contributed by atoms with Crippen LogP contribution < -0.4 is 5.73 Å². The van der Waals surface area contributed by atoms with Gasteiger partial charge in [0.1, 0.15) is 5.75 Å². The third-order valence-electron chi connectivity index (χ3n) is 2.92. The molecule has 1 aliphatic rings. The molecule has 0 aromatic heterocycles. The molecule has 1 saturated carbocycles. The van der Waals surface area contributed by atoms with Crippen LogP contribution in [0, 0.1) is 6.92 Å². The Labute approximate surface area is 78.4 Å². The van der Waals surface area contributed by atoms with Gasteiger partial charge in [-0.2, -0.15) is 0 Å². The SMILES string of the molecule is Cc1cc(O)cc(C2(CN)CC2)c1. The van der Waals surface area contributed by atoms with Crippen LogP contribution in [-0.4, -0.2) is 11.7 Å². The number of benzene rings is 1. The quantitative estimate of drug-likeness (QED) is 0.722. The monoisotopic (exact) mass is 177 g/mol. The number of nitrogens with two attached hydrogens (primary N) is 1. The summed E-state index contributed by atoms with van der Waals surface area (Å²) in [6.45, 7) is 2.69. The Hall–Kier alpha value is -1.02. The largest absolute Gasteiger partial charge is 0.508 e. The molecule has 0 unspecified atom stereocenters. The summed E-state index contributed by atoms with van der Waals surface area (Å²) in [6.07, 6.45) is 2.32. The number of aromatic hydroxyl groups is 1. The van der Waals surface area contributed by atoms with Gasteiger partial charge in [0.25, 0.3) is 0 Å². The standard InChI is InChI=1S/C11H15NO/c1-8-4-9(6-10(13)5-8)11(7-12)2-3-11/h4-6,13H,2-3,7,12H2,1H3. The second-order valence-corrected chi connectivity index (χ2v) is 4.04. The van der Waals surface area contributed by atoms with Crippen molar-refractivity contribution in [1.82, 2.24) is 0 Å². The van der Waals surface area contributed by atoms with E-state index in [-0.39, 0.29) is 5.41 Å². The van der Waals surface area contributed by atoms with Gasteiger partial charge in [0.05, 0.1) is 0 Å². The summed E-state index contributed by atoms with van der Waals surface area (Å²) in [5.74, 6) is 0.356. The first-order valence-electron chi connectivity index (χ1n) is 4.67. The summed E-state index contributed by atoms with van der Waals surface area (Å²) < 4.78 is 0. The Morgan fingerprint density at radius 2 is 2.08 bits per heavy atom. The molecule has 0 saturated heterocycles. The summed E-state index contributed by atoms with van der Waals surface area (Å²) >= 11 is 0. The molecule has 0 bridgehead atoms. The van der Waals surface area contributed by atoms with Crippen LogP contribution in [0.25, 0.3) is 0 Å². The first-order valence-corrected chi connectivity index (χ1v) is 4.67. The molecule has 2 rings (SSSR count). The van der Waals surface area contributed by atoms with E-state index >= 15 is 0 Å². The fraction of sp³-hybridized carbons (Fsp3) is 0.455. The maximum atomic E-state index is 9.44. The Bertz CT molecular complexity index is 309. The van der Waals surface area contributed by atoms with E-state index in [1.165, 1.54) is 5.56 Å². The molecule has 0 amide bonds. The highest BCUT2D eigenvalue weighted by Gasteiger charge is 2.42. The van der Waals surface area contributed by atoms with Gasteiger partial charge in [-0.3, -0.25) is 0 Å². The van der Waals surface area contributed by atoms with Crippen LogP contribution in [0.5, 0.6) is 5.75 Å². The third-order valence-corrected chi connectivity index (χ3v) is 2.92. The molecular weight excluding hydrogens is 162 g/mol. The van der Waals surface area contributed by atoms with Crippen LogP contribution >= 0.6 is 0 Å². The Morgan fingerprint density at radius 3 is 2.54 bits per heavy atom. The topological polar surface area (TPSA) is 46.2 Å². The van der Waals surface area contributed by atoms with E-state index in [0.717, 1.165) is 18.4 Å². The molecule has 1 aromatic carbocycles. The van der Waals surface area contributed by atoms with E-state index in [4.69, 9.17) is 5.73 Å². The van der Waals surface area contributed by atoms with Gasteiger partial charge in [0.15, 0.2) is 0 Å². The van der Waals surface area contributed by atoms with E-state index in [9.17, 15) is 5.11 Å². The van der Waals surface area contributed by atoms with E-state index < -0.39 is 0 Å². The van der Waals surface area contributed by atoms with Crippen molar-refractivity contribution >= 4 is 0 Å². The lowest BCUT2D eigenvalue weighted by Gasteiger charge is -2.13. The number of hydrogen-bond acceptors (Lipinski definition) is 2. The zero-order valence-corrected chi connectivity index (χ0v) is 7.88. The second-order valence-electron chi connectivity index (χ2n) is 4.04. The Balaban J connectivity index is 2.40. The zero-order chi connectivity index (χ0) is 9.47. The average Bonchev–Trinajstić information content (AvgIpc) is 2.82. The van der Waals surface area contributed by atoms with Gasteiger partial charge in [-0.05, 0) is 43.0 Å². The predicted octanol–water partition coefficient (Wildman–Crippen LogP) is 1.69. The number of phenols is 1. The minimum absolute atomic E-state index is 0.184. The molecule has 70 valence electrons. The van der Waals surface area contributed by atoms with Crippen molar-refractivity contribution in [2.75, 3.05) is 6.54 Å². The predicted molar refractivity (Wildman–Crippen MR) is 52.8 cm³/mol. The van der Waals surface area contributed by atoms with Crippen LogP contribution in [0.15, 0.2) is 18.2 Å². The van der Waals surface area contributed by atoms with E-state index in [1.807, 2.05) is 13.0 Å². The molecule has 2 nitrogen and oxygen atoms in total. The second kappa shape index (κ2) is 2.74. The molecule has 1 aliphatic carbocycles. The van der Waals surface area contributed by atoms with Gasteiger partial charge in [-0.15, -0.1) is 0 Å². The van der Waals surface area contributed by atoms with Gasteiger partial charge in [-0.25, -0.2) is 0 Å². The minimum atomic E-state index is 0.184. The highest BCUT2D eigenvalue weighted by Crippen LogP contribution is 2.48. The fourth-order valence-electron chi connectivity index (χ4n) is 1.83. The van der Waals surface area contributed by atoms with Crippen LogP contribution in [0.3, 0.4) is 0 Å². The lowest BCUT2D eigenvalue weighted by Crippen LogP contribution is -2.19.